The summed E-state index contributed by atoms with van der Waals surface area (Å²) in [7, 11) is 0. The number of fused-ring (bicyclic) bond motifs is 1. The van der Waals surface area contributed by atoms with Crippen molar-refractivity contribution >= 4 is 16.9 Å². The van der Waals surface area contributed by atoms with Gasteiger partial charge in [-0.2, -0.15) is 0 Å². The van der Waals surface area contributed by atoms with Crippen molar-refractivity contribution in [2.45, 2.75) is 6.42 Å². The van der Waals surface area contributed by atoms with Crippen LogP contribution in [0.5, 0.6) is 0 Å². The molecule has 4 nitrogen and oxygen atoms in total. The summed E-state index contributed by atoms with van der Waals surface area (Å²) in [6, 6.07) is 18.3. The number of imidazole rings is 1. The number of hydrogen-bond acceptors (Lipinski definition) is 2. The van der Waals surface area contributed by atoms with Crippen molar-refractivity contribution in [3.05, 3.63) is 95.8 Å². The summed E-state index contributed by atoms with van der Waals surface area (Å²) in [5.74, 6) is -1.51. The second-order valence-corrected chi connectivity index (χ2v) is 6.41. The highest BCUT2D eigenvalue weighted by Crippen LogP contribution is 2.22. The summed E-state index contributed by atoms with van der Waals surface area (Å²) in [4.78, 5) is 16.7. The number of carbonyl (C=O) groups is 1. The first-order valence-electron chi connectivity index (χ1n) is 8.86. The largest absolute Gasteiger partial charge is 0.352 e. The number of benzene rings is 3. The SMILES string of the molecule is O=C(NCCc1ccccc1)c1ccc2c(c1)ncn2-c1ccc(F)cc1F. The van der Waals surface area contributed by atoms with E-state index in [-0.39, 0.29) is 11.6 Å². The number of aromatic nitrogens is 2. The molecule has 0 aliphatic heterocycles. The van der Waals surface area contributed by atoms with Gasteiger partial charge in [0.15, 0.2) is 0 Å². The van der Waals surface area contributed by atoms with Gasteiger partial charge in [0.1, 0.15) is 18.0 Å². The van der Waals surface area contributed by atoms with E-state index in [1.165, 1.54) is 23.0 Å². The van der Waals surface area contributed by atoms with Gasteiger partial charge in [0.25, 0.3) is 5.91 Å². The first-order valence-corrected chi connectivity index (χ1v) is 8.86. The highest BCUT2D eigenvalue weighted by molar-refractivity contribution is 5.97. The fraction of sp³-hybridized carbons (Fsp3) is 0.0909. The fourth-order valence-corrected chi connectivity index (χ4v) is 3.09. The molecule has 4 aromatic rings. The Bertz CT molecular complexity index is 1140. The van der Waals surface area contributed by atoms with Crippen LogP contribution in [0.25, 0.3) is 16.7 Å². The van der Waals surface area contributed by atoms with Gasteiger partial charge in [-0.05, 0) is 42.3 Å². The van der Waals surface area contributed by atoms with Crippen LogP contribution in [-0.2, 0) is 6.42 Å². The number of nitrogens with zero attached hydrogens (tertiary/aromatic N) is 2. The minimum Gasteiger partial charge on any atom is -0.352 e. The third-order valence-electron chi connectivity index (χ3n) is 4.52. The third-order valence-corrected chi connectivity index (χ3v) is 4.52. The Balaban J connectivity index is 1.51. The zero-order valence-electron chi connectivity index (χ0n) is 14.9. The van der Waals surface area contributed by atoms with Crippen LogP contribution >= 0.6 is 0 Å². The molecule has 0 atom stereocenters. The van der Waals surface area contributed by atoms with Crippen molar-refractivity contribution in [3.63, 3.8) is 0 Å². The molecular formula is C22H17F2N3O. The number of amides is 1. The van der Waals surface area contributed by atoms with E-state index in [9.17, 15) is 13.6 Å². The lowest BCUT2D eigenvalue weighted by atomic mass is 10.1. The molecule has 0 aliphatic rings. The molecule has 0 unspecified atom stereocenters. The van der Waals surface area contributed by atoms with E-state index in [0.717, 1.165) is 18.1 Å². The summed E-state index contributed by atoms with van der Waals surface area (Å²) < 4.78 is 28.8. The molecule has 1 heterocycles. The number of rotatable bonds is 5. The van der Waals surface area contributed by atoms with Crippen molar-refractivity contribution in [1.82, 2.24) is 14.9 Å². The van der Waals surface area contributed by atoms with Gasteiger partial charge >= 0.3 is 0 Å². The van der Waals surface area contributed by atoms with Crippen LogP contribution in [0.1, 0.15) is 15.9 Å². The molecule has 140 valence electrons. The van der Waals surface area contributed by atoms with Crippen molar-refractivity contribution in [2.24, 2.45) is 0 Å². The number of carbonyl (C=O) groups excluding carboxylic acids is 1. The van der Waals surface area contributed by atoms with Gasteiger partial charge in [-0.25, -0.2) is 13.8 Å². The summed E-state index contributed by atoms with van der Waals surface area (Å²) >= 11 is 0. The molecule has 1 amide bonds. The Labute approximate surface area is 160 Å². The number of nitrogens with one attached hydrogen (secondary N) is 1. The van der Waals surface area contributed by atoms with Gasteiger partial charge in [-0.3, -0.25) is 9.36 Å². The van der Waals surface area contributed by atoms with E-state index in [1.54, 1.807) is 18.2 Å². The molecule has 4 rings (SSSR count). The standard InChI is InChI=1S/C22H17F2N3O/c23-17-7-9-20(18(24)13-17)27-14-26-19-12-16(6-8-21(19)27)22(28)25-11-10-15-4-2-1-3-5-15/h1-9,12-14H,10-11H2,(H,25,28). The number of halogens is 2. The minimum atomic E-state index is -0.679. The lowest BCUT2D eigenvalue weighted by Gasteiger charge is -2.07. The first-order chi connectivity index (χ1) is 13.6. The first kappa shape index (κ1) is 17.9. The second-order valence-electron chi connectivity index (χ2n) is 6.41. The molecule has 3 aromatic carbocycles. The summed E-state index contributed by atoms with van der Waals surface area (Å²) in [6.45, 7) is 0.524. The van der Waals surface area contributed by atoms with Gasteiger partial charge < -0.3 is 5.32 Å². The fourth-order valence-electron chi connectivity index (χ4n) is 3.09. The predicted octanol–water partition coefficient (Wildman–Crippen LogP) is 4.28. The van der Waals surface area contributed by atoms with Crippen LogP contribution in [0.15, 0.2) is 73.1 Å². The van der Waals surface area contributed by atoms with Gasteiger partial charge in [0.05, 0.1) is 16.7 Å². The topological polar surface area (TPSA) is 46.9 Å². The van der Waals surface area contributed by atoms with E-state index in [0.29, 0.717) is 23.1 Å². The average Bonchev–Trinajstić information content (AvgIpc) is 3.12. The zero-order valence-corrected chi connectivity index (χ0v) is 14.9. The van der Waals surface area contributed by atoms with Crippen LogP contribution in [0.4, 0.5) is 8.78 Å². The van der Waals surface area contributed by atoms with Crippen LogP contribution in [0, 0.1) is 11.6 Å². The zero-order chi connectivity index (χ0) is 19.5. The number of hydrogen-bond donors (Lipinski definition) is 1. The van der Waals surface area contributed by atoms with Crippen LogP contribution in [-0.4, -0.2) is 22.0 Å². The highest BCUT2D eigenvalue weighted by Gasteiger charge is 2.12. The van der Waals surface area contributed by atoms with Crippen molar-refractivity contribution in [2.75, 3.05) is 6.54 Å². The molecule has 6 heteroatoms. The van der Waals surface area contributed by atoms with E-state index in [1.807, 2.05) is 30.3 Å². The van der Waals surface area contributed by atoms with Crippen molar-refractivity contribution in [1.29, 1.82) is 0 Å². The lowest BCUT2D eigenvalue weighted by Crippen LogP contribution is -2.25. The maximum atomic E-state index is 14.1. The molecular weight excluding hydrogens is 360 g/mol. The Morgan fingerprint density at radius 1 is 1.00 bits per heavy atom. The summed E-state index contributed by atoms with van der Waals surface area (Å²) in [6.07, 6.45) is 2.20. The van der Waals surface area contributed by atoms with Gasteiger partial charge in [-0.1, -0.05) is 30.3 Å². The molecule has 0 fully saturated rings. The Morgan fingerprint density at radius 3 is 2.61 bits per heavy atom. The molecule has 28 heavy (non-hydrogen) atoms. The monoisotopic (exact) mass is 377 g/mol. The van der Waals surface area contributed by atoms with E-state index in [2.05, 4.69) is 10.3 Å². The quantitative estimate of drug-likeness (QED) is 0.564. The molecule has 1 N–H and O–H groups in total. The summed E-state index contributed by atoms with van der Waals surface area (Å²) in [5, 5.41) is 2.89. The van der Waals surface area contributed by atoms with E-state index < -0.39 is 11.6 Å². The predicted molar refractivity (Wildman–Crippen MR) is 103 cm³/mol. The van der Waals surface area contributed by atoms with Crippen LogP contribution in [0.2, 0.25) is 0 Å². The van der Waals surface area contributed by atoms with Gasteiger partial charge in [0.2, 0.25) is 0 Å². The molecule has 0 aliphatic carbocycles. The average molecular weight is 377 g/mol. The Morgan fingerprint density at radius 2 is 1.82 bits per heavy atom. The molecule has 0 bridgehead atoms. The Kier molecular flexibility index (Phi) is 4.85. The minimum absolute atomic E-state index is 0.194. The van der Waals surface area contributed by atoms with Gasteiger partial charge in [-0.15, -0.1) is 0 Å². The van der Waals surface area contributed by atoms with Crippen molar-refractivity contribution in [3.8, 4) is 5.69 Å². The highest BCUT2D eigenvalue weighted by atomic mass is 19.1. The maximum Gasteiger partial charge on any atom is 0.251 e. The molecule has 0 radical (unpaired) electrons. The third kappa shape index (κ3) is 3.62. The maximum absolute atomic E-state index is 14.1. The summed E-state index contributed by atoms with van der Waals surface area (Å²) in [5.41, 5.74) is 3.01. The van der Waals surface area contributed by atoms with E-state index >= 15 is 0 Å². The molecule has 0 saturated heterocycles. The van der Waals surface area contributed by atoms with Crippen molar-refractivity contribution < 1.29 is 13.6 Å². The molecule has 0 spiro atoms. The molecule has 0 saturated carbocycles. The van der Waals surface area contributed by atoms with Crippen LogP contribution in [0.3, 0.4) is 0 Å². The van der Waals surface area contributed by atoms with Crippen LogP contribution < -0.4 is 5.32 Å². The second kappa shape index (κ2) is 7.60. The molecule has 1 aromatic heterocycles. The lowest BCUT2D eigenvalue weighted by molar-refractivity contribution is 0.0954. The van der Waals surface area contributed by atoms with E-state index in [4.69, 9.17) is 0 Å². The normalized spacial score (nSPS) is 10.9. The Hall–Kier alpha value is -3.54. The van der Waals surface area contributed by atoms with Gasteiger partial charge in [0, 0.05) is 18.2 Å². The smallest absolute Gasteiger partial charge is 0.251 e.